The lowest BCUT2D eigenvalue weighted by atomic mass is 9.86. The van der Waals surface area contributed by atoms with Crippen LogP contribution in [0.15, 0.2) is 29.4 Å². The van der Waals surface area contributed by atoms with Gasteiger partial charge in [0.25, 0.3) is 0 Å². The lowest BCUT2D eigenvalue weighted by molar-refractivity contribution is -0.274. The Bertz CT molecular complexity index is 797. The second-order valence-corrected chi connectivity index (χ2v) is 7.58. The van der Waals surface area contributed by atoms with Crippen LogP contribution < -0.4 is 10.1 Å². The van der Waals surface area contributed by atoms with E-state index in [2.05, 4.69) is 32.5 Å². The molecule has 0 bridgehead atoms. The molecule has 1 amide bonds. The number of benzene rings is 1. The van der Waals surface area contributed by atoms with Crippen molar-refractivity contribution < 1.29 is 22.7 Å². The fourth-order valence-electron chi connectivity index (χ4n) is 3.13. The molecule has 1 N–H and O–H groups in total. The van der Waals surface area contributed by atoms with Crippen LogP contribution in [0.2, 0.25) is 0 Å². The van der Waals surface area contributed by atoms with Crippen molar-refractivity contribution >= 4 is 17.7 Å². The van der Waals surface area contributed by atoms with Crippen molar-refractivity contribution in [2.75, 3.05) is 5.75 Å². The number of carbonyl (C=O) groups excluding carboxylic acids is 1. The summed E-state index contributed by atoms with van der Waals surface area (Å²) in [4.78, 5) is 12.2. The van der Waals surface area contributed by atoms with Crippen LogP contribution in [0.3, 0.4) is 0 Å². The van der Waals surface area contributed by atoms with Crippen molar-refractivity contribution in [2.24, 2.45) is 5.92 Å². The minimum absolute atomic E-state index is 0.0905. The van der Waals surface area contributed by atoms with E-state index >= 15 is 0 Å². The Morgan fingerprint density at radius 2 is 2.00 bits per heavy atom. The van der Waals surface area contributed by atoms with Gasteiger partial charge in [0.2, 0.25) is 11.1 Å². The summed E-state index contributed by atoms with van der Waals surface area (Å²) in [7, 11) is 0. The van der Waals surface area contributed by atoms with Crippen LogP contribution >= 0.6 is 11.8 Å². The molecule has 1 aromatic heterocycles. The highest BCUT2D eigenvalue weighted by atomic mass is 32.2. The van der Waals surface area contributed by atoms with Crippen molar-refractivity contribution in [3.05, 3.63) is 24.3 Å². The number of nitrogens with zero attached hydrogens (tertiary/aromatic N) is 4. The molecule has 0 spiro atoms. The molecule has 1 aromatic carbocycles. The van der Waals surface area contributed by atoms with Gasteiger partial charge in [-0.05, 0) is 53.5 Å². The Morgan fingerprint density at radius 1 is 1.29 bits per heavy atom. The second-order valence-electron chi connectivity index (χ2n) is 6.64. The highest BCUT2D eigenvalue weighted by molar-refractivity contribution is 7.99. The minimum Gasteiger partial charge on any atom is -0.406 e. The quantitative estimate of drug-likeness (QED) is 0.729. The molecule has 1 aliphatic rings. The van der Waals surface area contributed by atoms with Crippen molar-refractivity contribution in [2.45, 2.75) is 50.2 Å². The fourth-order valence-corrected chi connectivity index (χ4v) is 3.83. The number of rotatable bonds is 6. The first kappa shape index (κ1) is 20.4. The van der Waals surface area contributed by atoms with Crippen molar-refractivity contribution in [3.8, 4) is 11.4 Å². The Balaban J connectivity index is 1.58. The lowest BCUT2D eigenvalue weighted by Gasteiger charge is -2.29. The van der Waals surface area contributed by atoms with Crippen LogP contribution in [-0.2, 0) is 4.79 Å². The molecule has 1 aliphatic carbocycles. The number of hydrogen-bond acceptors (Lipinski definition) is 6. The van der Waals surface area contributed by atoms with E-state index in [-0.39, 0.29) is 23.5 Å². The molecule has 152 valence electrons. The Kier molecular flexibility index (Phi) is 6.42. The van der Waals surface area contributed by atoms with Crippen LogP contribution in [0, 0.1) is 5.92 Å². The molecule has 0 saturated heterocycles. The highest BCUT2D eigenvalue weighted by Crippen LogP contribution is 2.26. The van der Waals surface area contributed by atoms with E-state index in [1.807, 2.05) is 0 Å². The maximum atomic E-state index is 12.2. The molecule has 0 radical (unpaired) electrons. The molecule has 1 saturated carbocycles. The molecule has 11 heteroatoms. The molecule has 0 aliphatic heterocycles. The third-order valence-corrected chi connectivity index (χ3v) is 5.47. The molecular weight excluding hydrogens is 395 g/mol. The number of thioether (sulfide) groups is 1. The molecule has 3 rings (SSSR count). The summed E-state index contributed by atoms with van der Waals surface area (Å²) in [5.74, 6) is 0.191. The van der Waals surface area contributed by atoms with Crippen LogP contribution in [0.1, 0.15) is 32.6 Å². The van der Waals surface area contributed by atoms with E-state index in [4.69, 9.17) is 0 Å². The first-order valence-electron chi connectivity index (χ1n) is 8.88. The fraction of sp³-hybridized carbons (Fsp3) is 0.529. The Morgan fingerprint density at radius 3 is 2.68 bits per heavy atom. The van der Waals surface area contributed by atoms with E-state index < -0.39 is 6.36 Å². The number of aromatic nitrogens is 4. The molecule has 2 aromatic rings. The summed E-state index contributed by atoms with van der Waals surface area (Å²) in [5, 5.41) is 14.7. The van der Waals surface area contributed by atoms with Crippen LogP contribution in [0.4, 0.5) is 13.2 Å². The maximum absolute atomic E-state index is 12.2. The van der Waals surface area contributed by atoms with Crippen molar-refractivity contribution in [1.29, 1.82) is 0 Å². The number of nitrogens with one attached hydrogen (secondary N) is 1. The topological polar surface area (TPSA) is 81.9 Å². The summed E-state index contributed by atoms with van der Waals surface area (Å²) in [6, 6.07) is 5.36. The predicted molar refractivity (Wildman–Crippen MR) is 96.1 cm³/mol. The molecule has 2 unspecified atom stereocenters. The van der Waals surface area contributed by atoms with Gasteiger partial charge < -0.3 is 10.1 Å². The van der Waals surface area contributed by atoms with E-state index in [1.54, 1.807) is 0 Å². The summed E-state index contributed by atoms with van der Waals surface area (Å²) in [5.41, 5.74) is 0.461. The second kappa shape index (κ2) is 8.80. The maximum Gasteiger partial charge on any atom is 0.573 e. The van der Waals surface area contributed by atoms with Gasteiger partial charge in [-0.1, -0.05) is 31.5 Å². The van der Waals surface area contributed by atoms with Crippen molar-refractivity contribution in [1.82, 2.24) is 25.5 Å². The lowest BCUT2D eigenvalue weighted by Crippen LogP contribution is -2.41. The third kappa shape index (κ3) is 5.60. The molecule has 7 nitrogen and oxygen atoms in total. The van der Waals surface area contributed by atoms with Gasteiger partial charge >= 0.3 is 6.36 Å². The van der Waals surface area contributed by atoms with E-state index in [0.717, 1.165) is 31.0 Å². The van der Waals surface area contributed by atoms with Gasteiger partial charge in [0.15, 0.2) is 0 Å². The average molecular weight is 415 g/mol. The smallest absolute Gasteiger partial charge is 0.406 e. The minimum atomic E-state index is -4.75. The summed E-state index contributed by atoms with van der Waals surface area (Å²) in [6.45, 7) is 2.14. The number of ether oxygens (including phenoxy) is 1. The largest absolute Gasteiger partial charge is 0.573 e. The SMILES string of the molecule is CC1CCCCC1NC(=O)CSc1nnnn1-c1ccc(OC(F)(F)F)cc1. The molecule has 28 heavy (non-hydrogen) atoms. The number of halogens is 3. The van der Waals surface area contributed by atoms with Gasteiger partial charge in [-0.3, -0.25) is 4.79 Å². The summed E-state index contributed by atoms with van der Waals surface area (Å²) in [6.07, 6.45) is -0.328. The molecule has 1 heterocycles. The van der Waals surface area contributed by atoms with E-state index in [1.165, 1.54) is 35.4 Å². The zero-order valence-corrected chi connectivity index (χ0v) is 16.0. The standard InChI is InChI=1S/C17H20F3N5O2S/c1-11-4-2-3-5-14(11)21-15(26)10-28-16-22-23-24-25(16)12-6-8-13(9-7-12)27-17(18,19)20/h6-9,11,14H,2-5,10H2,1H3,(H,21,26). The number of hydrogen-bond donors (Lipinski definition) is 1. The van der Waals surface area contributed by atoms with E-state index in [9.17, 15) is 18.0 Å². The third-order valence-electron chi connectivity index (χ3n) is 4.55. The number of tetrazole rings is 1. The first-order valence-corrected chi connectivity index (χ1v) is 9.87. The molecular formula is C17H20F3N5O2S. The summed E-state index contributed by atoms with van der Waals surface area (Å²) >= 11 is 1.16. The van der Waals surface area contributed by atoms with Crippen LogP contribution in [0.25, 0.3) is 5.69 Å². The van der Waals surface area contributed by atoms with Gasteiger partial charge in [0, 0.05) is 6.04 Å². The van der Waals surface area contributed by atoms with Gasteiger partial charge in [0.05, 0.1) is 11.4 Å². The van der Waals surface area contributed by atoms with Gasteiger partial charge in [-0.25, -0.2) is 0 Å². The molecule has 2 atom stereocenters. The van der Waals surface area contributed by atoms with E-state index in [0.29, 0.717) is 16.8 Å². The highest BCUT2D eigenvalue weighted by Gasteiger charge is 2.31. The van der Waals surface area contributed by atoms with Crippen LogP contribution in [-0.4, -0.2) is 44.3 Å². The monoisotopic (exact) mass is 415 g/mol. The van der Waals surface area contributed by atoms with Crippen LogP contribution in [0.5, 0.6) is 5.75 Å². The number of carbonyl (C=O) groups is 1. The average Bonchev–Trinajstić information content (AvgIpc) is 3.10. The normalized spacial score (nSPS) is 20.0. The predicted octanol–water partition coefficient (Wildman–Crippen LogP) is 3.35. The van der Waals surface area contributed by atoms with Gasteiger partial charge in [-0.2, -0.15) is 4.68 Å². The Labute approximate surface area is 164 Å². The van der Waals surface area contributed by atoms with Gasteiger partial charge in [-0.15, -0.1) is 18.3 Å². The zero-order chi connectivity index (χ0) is 20.1. The Hall–Kier alpha value is -2.30. The zero-order valence-electron chi connectivity index (χ0n) is 15.1. The van der Waals surface area contributed by atoms with Crippen molar-refractivity contribution in [3.63, 3.8) is 0 Å². The number of amides is 1. The first-order chi connectivity index (χ1) is 13.3. The van der Waals surface area contributed by atoms with Gasteiger partial charge in [0.1, 0.15) is 5.75 Å². The summed E-state index contributed by atoms with van der Waals surface area (Å²) < 4.78 is 41.9. The number of alkyl halides is 3. The molecule has 1 fully saturated rings.